The number of likely N-dealkylation sites (tertiary alicyclic amines) is 1. The number of carbonyl (C=O) groups excluding carboxylic acids is 4. The Bertz CT molecular complexity index is 1990. The second-order valence-electron chi connectivity index (χ2n) is 11.9. The van der Waals surface area contributed by atoms with Gasteiger partial charge in [-0.05, 0) is 79.1 Å². The lowest BCUT2D eigenvalue weighted by Crippen LogP contribution is -2.39. The number of hydrogen-bond acceptors (Lipinski definition) is 12. The van der Waals surface area contributed by atoms with E-state index in [1.54, 1.807) is 24.2 Å². The highest BCUT2D eigenvalue weighted by molar-refractivity contribution is 6.41. The van der Waals surface area contributed by atoms with Gasteiger partial charge < -0.3 is 20.9 Å². The Morgan fingerprint density at radius 2 is 1.62 bits per heavy atom. The molecule has 0 unspecified atom stereocenters. The molecule has 14 nitrogen and oxygen atoms in total. The van der Waals surface area contributed by atoms with E-state index in [2.05, 4.69) is 45.8 Å². The summed E-state index contributed by atoms with van der Waals surface area (Å²) in [5.74, 6) is -6.00. The standard InChI is InChI=1S/C28H28ClN9O3.C4F6O2/c1-16-25(37-41-36-16)27(40)38-8-6-17(7-9-38)11-24(39)34-23-5-4-20-12-19(23)3-2-18-10-21(14-30-13-18)33-28-31-15-22(29)26(32-20)35-28;5-3(6,7)1(11)2(12)4(8,9)10/h4-5,10,12-15,17H,2-3,6-9,11H2,1H3,(H,34,39)(H2,31,32,33,35);. The molecule has 1 aromatic carbocycles. The van der Waals surface area contributed by atoms with Gasteiger partial charge in [0.25, 0.3) is 5.91 Å². The Labute approximate surface area is 300 Å². The number of anilines is 5. The molecule has 6 rings (SSSR count). The number of nitrogens with zero attached hydrogens (tertiary/aromatic N) is 6. The van der Waals surface area contributed by atoms with Gasteiger partial charge in [-0.3, -0.25) is 24.2 Å². The molecular weight excluding hydrogens is 740 g/mol. The van der Waals surface area contributed by atoms with Gasteiger partial charge in [0, 0.05) is 37.1 Å². The number of aryl methyl sites for hydroxylation is 3. The Morgan fingerprint density at radius 1 is 0.925 bits per heavy atom. The molecule has 0 radical (unpaired) electrons. The lowest BCUT2D eigenvalue weighted by atomic mass is 9.93. The average molecular weight is 768 g/mol. The maximum Gasteiger partial charge on any atom is 0.458 e. The Balaban J connectivity index is 0.000000390. The van der Waals surface area contributed by atoms with E-state index < -0.39 is 23.9 Å². The highest BCUT2D eigenvalue weighted by atomic mass is 35.5. The third-order valence-corrected chi connectivity index (χ3v) is 8.35. The smallest absolute Gasteiger partial charge is 0.339 e. The van der Waals surface area contributed by atoms with Gasteiger partial charge in [0.2, 0.25) is 11.9 Å². The second-order valence-corrected chi connectivity index (χ2v) is 12.3. The van der Waals surface area contributed by atoms with Crippen LogP contribution in [0.2, 0.25) is 5.02 Å². The zero-order valence-corrected chi connectivity index (χ0v) is 28.2. The molecule has 5 heterocycles. The minimum absolute atomic E-state index is 0.0532. The summed E-state index contributed by atoms with van der Waals surface area (Å²) >= 11 is 6.37. The number of hydrogen-bond donors (Lipinski definition) is 3. The number of fused-ring (bicyclic) bond motifs is 6. The number of nitrogens with one attached hydrogen (secondary N) is 3. The number of aromatic nitrogens is 5. The van der Waals surface area contributed by atoms with Crippen LogP contribution in [0.15, 0.2) is 47.5 Å². The molecule has 3 aromatic heterocycles. The van der Waals surface area contributed by atoms with E-state index >= 15 is 0 Å². The summed E-state index contributed by atoms with van der Waals surface area (Å²) in [7, 11) is 0. The molecule has 21 heteroatoms. The first-order chi connectivity index (χ1) is 25.0. The van der Waals surface area contributed by atoms with Gasteiger partial charge in [0.1, 0.15) is 10.7 Å². The van der Waals surface area contributed by atoms with Crippen molar-refractivity contribution in [2.45, 2.75) is 51.4 Å². The molecule has 0 atom stereocenters. The summed E-state index contributed by atoms with van der Waals surface area (Å²) in [5, 5.41) is 17.4. The van der Waals surface area contributed by atoms with Crippen molar-refractivity contribution in [3.8, 4) is 0 Å². The van der Waals surface area contributed by atoms with Crippen LogP contribution in [0.4, 0.5) is 55.2 Å². The van der Waals surface area contributed by atoms with Crippen LogP contribution in [-0.2, 0) is 27.2 Å². The first kappa shape index (κ1) is 38.6. The fourth-order valence-electron chi connectivity index (χ4n) is 5.39. The predicted octanol–water partition coefficient (Wildman–Crippen LogP) is 5.93. The highest BCUT2D eigenvalue weighted by Crippen LogP contribution is 2.30. The molecule has 0 saturated carbocycles. The van der Waals surface area contributed by atoms with Crippen molar-refractivity contribution in [2.75, 3.05) is 29.0 Å². The minimum Gasteiger partial charge on any atom is -0.339 e. The van der Waals surface area contributed by atoms with Crippen molar-refractivity contribution >= 4 is 63.8 Å². The van der Waals surface area contributed by atoms with Crippen molar-refractivity contribution in [1.29, 1.82) is 0 Å². The third-order valence-electron chi connectivity index (χ3n) is 8.07. The van der Waals surface area contributed by atoms with Gasteiger partial charge in [-0.2, -0.15) is 31.3 Å². The van der Waals surface area contributed by atoms with Gasteiger partial charge in [0.05, 0.1) is 18.1 Å². The predicted molar refractivity (Wildman–Crippen MR) is 175 cm³/mol. The summed E-state index contributed by atoms with van der Waals surface area (Å²) in [6.07, 6.45) is -3.20. The molecule has 0 aliphatic carbocycles. The van der Waals surface area contributed by atoms with Crippen LogP contribution >= 0.6 is 11.6 Å². The fraction of sp³-hybridized carbons (Fsp3) is 0.344. The number of ketones is 2. The van der Waals surface area contributed by atoms with Crippen LogP contribution in [0.1, 0.15) is 46.6 Å². The molecule has 6 bridgehead atoms. The van der Waals surface area contributed by atoms with Gasteiger partial charge in [-0.1, -0.05) is 16.8 Å². The third kappa shape index (κ3) is 10.0. The minimum atomic E-state index is -5.77. The Morgan fingerprint density at radius 3 is 2.26 bits per heavy atom. The lowest BCUT2D eigenvalue weighted by Gasteiger charge is -2.31. The SMILES string of the molecule is Cc1nonc1C(=O)N1CCC(CC(=O)Nc2ccc3cc2CCc2cncc(c2)Nc2ncc(Cl)c(n2)N3)CC1.O=C(C(=O)C(F)(F)F)C(F)(F)F. The molecule has 1 saturated heterocycles. The first-order valence-electron chi connectivity index (χ1n) is 15.7. The summed E-state index contributed by atoms with van der Waals surface area (Å²) < 4.78 is 71.6. The number of Topliss-reactive ketones (excluding diaryl/α,β-unsaturated/α-hetero) is 2. The number of benzene rings is 1. The van der Waals surface area contributed by atoms with E-state index in [0.29, 0.717) is 48.4 Å². The number of halogens is 7. The number of rotatable bonds is 5. The molecule has 2 amide bonds. The number of carbonyl (C=O) groups is 4. The molecule has 53 heavy (non-hydrogen) atoms. The summed E-state index contributed by atoms with van der Waals surface area (Å²) in [6, 6.07) is 7.79. The maximum atomic E-state index is 13.1. The van der Waals surface area contributed by atoms with E-state index in [0.717, 1.165) is 47.5 Å². The van der Waals surface area contributed by atoms with Crippen LogP contribution in [0.25, 0.3) is 0 Å². The van der Waals surface area contributed by atoms with Crippen molar-refractivity contribution in [3.05, 3.63) is 70.4 Å². The molecule has 280 valence electrons. The maximum absolute atomic E-state index is 13.1. The molecule has 4 aromatic rings. The van der Waals surface area contributed by atoms with Crippen LogP contribution in [0.3, 0.4) is 0 Å². The number of pyridine rings is 1. The largest absolute Gasteiger partial charge is 0.458 e. The first-order valence-corrected chi connectivity index (χ1v) is 16.1. The molecule has 3 N–H and O–H groups in total. The van der Waals surface area contributed by atoms with Crippen LogP contribution in [-0.4, -0.2) is 79.0 Å². The second kappa shape index (κ2) is 15.9. The molecule has 1 fully saturated rings. The van der Waals surface area contributed by atoms with E-state index in [9.17, 15) is 45.5 Å². The Kier molecular flexibility index (Phi) is 11.6. The number of piperidine rings is 1. The molecular formula is C32H28ClF6N9O5. The van der Waals surface area contributed by atoms with Crippen molar-refractivity contribution < 1.29 is 50.1 Å². The van der Waals surface area contributed by atoms with Gasteiger partial charge in [-0.25, -0.2) is 9.61 Å². The summed E-state index contributed by atoms with van der Waals surface area (Å²) in [4.78, 5) is 59.9. The summed E-state index contributed by atoms with van der Waals surface area (Å²) in [5.41, 5.74) is 5.06. The molecule has 2 aliphatic heterocycles. The summed E-state index contributed by atoms with van der Waals surface area (Å²) in [6.45, 7) is 2.81. The topological polar surface area (TPSA) is 185 Å². The van der Waals surface area contributed by atoms with Gasteiger partial charge in [-0.15, -0.1) is 0 Å². The number of amides is 2. The van der Waals surface area contributed by atoms with E-state index in [4.69, 9.17) is 11.6 Å². The van der Waals surface area contributed by atoms with E-state index in [1.807, 2.05) is 30.5 Å². The van der Waals surface area contributed by atoms with Crippen molar-refractivity contribution in [1.82, 2.24) is 30.2 Å². The average Bonchev–Trinajstić information content (AvgIpc) is 3.54. The zero-order valence-electron chi connectivity index (χ0n) is 27.4. The van der Waals surface area contributed by atoms with Gasteiger partial charge >= 0.3 is 23.9 Å². The number of alkyl halides is 6. The van der Waals surface area contributed by atoms with Crippen LogP contribution in [0, 0.1) is 12.8 Å². The molecule has 0 spiro atoms. The van der Waals surface area contributed by atoms with Crippen molar-refractivity contribution in [3.63, 3.8) is 0 Å². The van der Waals surface area contributed by atoms with Crippen LogP contribution < -0.4 is 16.0 Å². The van der Waals surface area contributed by atoms with E-state index in [-0.39, 0.29) is 23.4 Å². The van der Waals surface area contributed by atoms with E-state index in [1.165, 1.54) is 0 Å². The normalized spacial score (nSPS) is 14.5. The van der Waals surface area contributed by atoms with Crippen molar-refractivity contribution in [2.24, 2.45) is 5.92 Å². The van der Waals surface area contributed by atoms with Gasteiger partial charge in [0.15, 0.2) is 11.5 Å². The Hall–Kier alpha value is -5.66. The highest BCUT2D eigenvalue weighted by Gasteiger charge is 2.54. The molecule has 2 aliphatic rings. The van der Waals surface area contributed by atoms with Crippen LogP contribution in [0.5, 0.6) is 0 Å². The monoisotopic (exact) mass is 767 g/mol. The zero-order chi connectivity index (χ0) is 38.5. The lowest BCUT2D eigenvalue weighted by molar-refractivity contribution is -0.193. The quantitative estimate of drug-likeness (QED) is 0.161. The fourth-order valence-corrected chi connectivity index (χ4v) is 5.53.